The Morgan fingerprint density at radius 2 is 1.79 bits per heavy atom. The van der Waals surface area contributed by atoms with E-state index in [0.29, 0.717) is 25.9 Å². The lowest BCUT2D eigenvalue weighted by Crippen LogP contribution is -2.46. The predicted octanol–water partition coefficient (Wildman–Crippen LogP) is 2.74. The first kappa shape index (κ1) is 22.2. The normalized spacial score (nSPS) is 23.9. The second kappa shape index (κ2) is 10.0. The molecule has 0 bridgehead atoms. The summed E-state index contributed by atoms with van der Waals surface area (Å²) in [6.07, 6.45) is 4.51. The average Bonchev–Trinajstić information content (AvgIpc) is 3.18. The van der Waals surface area contributed by atoms with Crippen molar-refractivity contribution in [1.82, 2.24) is 14.5 Å². The number of amides is 1. The zero-order valence-corrected chi connectivity index (χ0v) is 18.6. The Kier molecular flexibility index (Phi) is 7.71. The van der Waals surface area contributed by atoms with E-state index in [1.165, 1.54) is 29.3 Å². The van der Waals surface area contributed by atoms with Crippen LogP contribution in [0, 0.1) is 5.92 Å². The third kappa shape index (κ3) is 6.03. The van der Waals surface area contributed by atoms with Crippen LogP contribution in [0.1, 0.15) is 57.1 Å². The lowest BCUT2D eigenvalue weighted by Gasteiger charge is -2.30. The quantitative estimate of drug-likeness (QED) is 0.701. The minimum Gasteiger partial charge on any atom is -0.351 e. The highest BCUT2D eigenvalue weighted by Crippen LogP contribution is 2.22. The predicted molar refractivity (Wildman–Crippen MR) is 116 cm³/mol. The molecule has 2 heterocycles. The van der Waals surface area contributed by atoms with E-state index < -0.39 is 16.1 Å². The molecule has 1 N–H and O–H groups in total. The highest BCUT2D eigenvalue weighted by molar-refractivity contribution is 7.89. The Balaban J connectivity index is 1.51. The van der Waals surface area contributed by atoms with Gasteiger partial charge < -0.3 is 5.32 Å². The molecule has 0 aromatic heterocycles. The largest absolute Gasteiger partial charge is 0.351 e. The molecule has 162 valence electrons. The highest BCUT2D eigenvalue weighted by atomic mass is 32.2. The molecule has 2 atom stereocenters. The number of sulfonamides is 1. The zero-order chi connectivity index (χ0) is 20.9. The number of hydrogen-bond acceptors (Lipinski definition) is 4. The van der Waals surface area contributed by atoms with Gasteiger partial charge in [0.1, 0.15) is 6.04 Å². The third-order valence-corrected chi connectivity index (χ3v) is 8.04. The number of piperidine rings is 1. The number of nitrogens with one attached hydrogen (secondary N) is 1. The van der Waals surface area contributed by atoms with Gasteiger partial charge >= 0.3 is 0 Å². The Morgan fingerprint density at radius 1 is 1.10 bits per heavy atom. The van der Waals surface area contributed by atoms with Crippen molar-refractivity contribution in [2.24, 2.45) is 5.92 Å². The summed E-state index contributed by atoms with van der Waals surface area (Å²) in [5.41, 5.74) is 2.33. The van der Waals surface area contributed by atoms with Crippen molar-refractivity contribution in [1.29, 1.82) is 0 Å². The first-order valence-electron chi connectivity index (χ1n) is 11.0. The van der Waals surface area contributed by atoms with Gasteiger partial charge in [-0.15, -0.1) is 0 Å². The molecule has 1 aromatic carbocycles. The van der Waals surface area contributed by atoms with Crippen LogP contribution >= 0.6 is 0 Å². The highest BCUT2D eigenvalue weighted by Gasteiger charge is 2.37. The monoisotopic (exact) mass is 421 g/mol. The van der Waals surface area contributed by atoms with E-state index in [0.717, 1.165) is 31.0 Å². The summed E-state index contributed by atoms with van der Waals surface area (Å²) in [4.78, 5) is 15.1. The standard InChI is InChI=1S/C22H35N3O3S/c1-3-14-29(27,28)25-13-5-7-21(25)22(26)23-15-19-8-10-20(11-9-19)17-24-12-4-6-18(2)16-24/h8-11,18,21H,3-7,12-17H2,1-2H3,(H,23,26). The van der Waals surface area contributed by atoms with Gasteiger partial charge in [-0.2, -0.15) is 4.31 Å². The van der Waals surface area contributed by atoms with Crippen molar-refractivity contribution in [3.63, 3.8) is 0 Å². The fraction of sp³-hybridized carbons (Fsp3) is 0.682. The first-order valence-corrected chi connectivity index (χ1v) is 12.6. The van der Waals surface area contributed by atoms with Crippen LogP contribution in [0.3, 0.4) is 0 Å². The molecular formula is C22H35N3O3S. The van der Waals surface area contributed by atoms with Crippen molar-refractivity contribution < 1.29 is 13.2 Å². The second-order valence-electron chi connectivity index (χ2n) is 8.60. The van der Waals surface area contributed by atoms with Crippen LogP contribution in [-0.4, -0.2) is 55.0 Å². The number of carbonyl (C=O) groups is 1. The maximum Gasteiger partial charge on any atom is 0.238 e. The van der Waals surface area contributed by atoms with E-state index in [2.05, 4.69) is 41.4 Å². The van der Waals surface area contributed by atoms with E-state index in [-0.39, 0.29) is 11.7 Å². The average molecular weight is 422 g/mol. The Morgan fingerprint density at radius 3 is 2.48 bits per heavy atom. The zero-order valence-electron chi connectivity index (χ0n) is 17.8. The van der Waals surface area contributed by atoms with Gasteiger partial charge in [-0.1, -0.05) is 38.1 Å². The Labute approximate surface area is 175 Å². The summed E-state index contributed by atoms with van der Waals surface area (Å²) < 4.78 is 26.2. The molecule has 1 amide bonds. The molecule has 0 saturated carbocycles. The molecule has 29 heavy (non-hydrogen) atoms. The first-order chi connectivity index (χ1) is 13.9. The van der Waals surface area contributed by atoms with Crippen LogP contribution < -0.4 is 5.32 Å². The summed E-state index contributed by atoms with van der Waals surface area (Å²) in [5.74, 6) is 0.691. The molecule has 2 aliphatic heterocycles. The molecule has 1 aromatic rings. The van der Waals surface area contributed by atoms with Crippen LogP contribution in [0.15, 0.2) is 24.3 Å². The van der Waals surface area contributed by atoms with Crippen LogP contribution in [-0.2, 0) is 27.9 Å². The van der Waals surface area contributed by atoms with Gasteiger partial charge in [0.05, 0.1) is 5.75 Å². The fourth-order valence-electron chi connectivity index (χ4n) is 4.47. The van der Waals surface area contributed by atoms with Gasteiger partial charge in [0.25, 0.3) is 0 Å². The van der Waals surface area contributed by atoms with Crippen molar-refractivity contribution in [3.05, 3.63) is 35.4 Å². The minimum atomic E-state index is -3.34. The Hall–Kier alpha value is -1.44. The number of nitrogens with zero attached hydrogens (tertiary/aromatic N) is 2. The minimum absolute atomic E-state index is 0.105. The van der Waals surface area contributed by atoms with Gasteiger partial charge in [-0.05, 0) is 55.7 Å². The molecule has 0 spiro atoms. The fourth-order valence-corrected chi connectivity index (χ4v) is 6.21. The molecule has 2 saturated heterocycles. The van der Waals surface area contributed by atoms with E-state index in [9.17, 15) is 13.2 Å². The van der Waals surface area contributed by atoms with Crippen molar-refractivity contribution in [2.45, 2.75) is 65.1 Å². The maximum atomic E-state index is 12.6. The van der Waals surface area contributed by atoms with Gasteiger partial charge in [0.2, 0.25) is 15.9 Å². The molecular weight excluding hydrogens is 386 g/mol. The number of benzene rings is 1. The number of carbonyl (C=O) groups excluding carboxylic acids is 1. The summed E-state index contributed by atoms with van der Waals surface area (Å²) >= 11 is 0. The maximum absolute atomic E-state index is 12.6. The van der Waals surface area contributed by atoms with Gasteiger partial charge in [0.15, 0.2) is 0 Å². The van der Waals surface area contributed by atoms with E-state index >= 15 is 0 Å². The topological polar surface area (TPSA) is 69.7 Å². The van der Waals surface area contributed by atoms with E-state index in [1.807, 2.05) is 6.92 Å². The molecule has 7 heteroatoms. The summed E-state index contributed by atoms with van der Waals surface area (Å²) in [6, 6.07) is 7.82. The van der Waals surface area contributed by atoms with Crippen molar-refractivity contribution in [2.75, 3.05) is 25.4 Å². The SMILES string of the molecule is CCCS(=O)(=O)N1CCCC1C(=O)NCc1ccc(CN2CCCC(C)C2)cc1. The van der Waals surface area contributed by atoms with Crippen LogP contribution in [0.25, 0.3) is 0 Å². The second-order valence-corrected chi connectivity index (χ2v) is 10.6. The molecule has 2 aliphatic rings. The van der Waals surface area contributed by atoms with Gasteiger partial charge in [-0.25, -0.2) is 8.42 Å². The molecule has 2 fully saturated rings. The van der Waals surface area contributed by atoms with E-state index in [4.69, 9.17) is 0 Å². The van der Waals surface area contributed by atoms with Gasteiger partial charge in [0, 0.05) is 26.2 Å². The Bertz CT molecular complexity index is 779. The van der Waals surface area contributed by atoms with Crippen molar-refractivity contribution >= 4 is 15.9 Å². The third-order valence-electron chi connectivity index (χ3n) is 5.96. The molecule has 0 aliphatic carbocycles. The smallest absolute Gasteiger partial charge is 0.238 e. The number of likely N-dealkylation sites (tertiary alicyclic amines) is 1. The number of rotatable bonds is 8. The summed E-state index contributed by atoms with van der Waals surface area (Å²) in [6.45, 7) is 8.35. The molecule has 2 unspecified atom stereocenters. The summed E-state index contributed by atoms with van der Waals surface area (Å²) in [7, 11) is -3.34. The molecule has 3 rings (SSSR count). The number of hydrogen-bond donors (Lipinski definition) is 1. The van der Waals surface area contributed by atoms with Crippen LogP contribution in [0.5, 0.6) is 0 Å². The lowest BCUT2D eigenvalue weighted by molar-refractivity contribution is -0.124. The van der Waals surface area contributed by atoms with Gasteiger partial charge in [-0.3, -0.25) is 9.69 Å². The molecule has 6 nitrogen and oxygen atoms in total. The summed E-state index contributed by atoms with van der Waals surface area (Å²) in [5, 5.41) is 2.94. The van der Waals surface area contributed by atoms with Crippen LogP contribution in [0.2, 0.25) is 0 Å². The van der Waals surface area contributed by atoms with E-state index in [1.54, 1.807) is 0 Å². The van der Waals surface area contributed by atoms with Crippen molar-refractivity contribution in [3.8, 4) is 0 Å². The lowest BCUT2D eigenvalue weighted by atomic mass is 9.99. The van der Waals surface area contributed by atoms with Crippen LogP contribution in [0.4, 0.5) is 0 Å². The molecule has 0 radical (unpaired) electrons.